The number of esters is 1. The van der Waals surface area contributed by atoms with Gasteiger partial charge in [-0.1, -0.05) is 12.1 Å². The Morgan fingerprint density at radius 3 is 2.35 bits per heavy atom. The van der Waals surface area contributed by atoms with Gasteiger partial charge in [0.25, 0.3) is 0 Å². The third-order valence-corrected chi connectivity index (χ3v) is 4.00. The highest BCUT2D eigenvalue weighted by atomic mass is 16.6. The van der Waals surface area contributed by atoms with E-state index in [1.165, 1.54) is 0 Å². The topological polar surface area (TPSA) is 66.3 Å². The summed E-state index contributed by atoms with van der Waals surface area (Å²) in [5.74, 6) is 1.56. The minimum absolute atomic E-state index is 0.176. The van der Waals surface area contributed by atoms with Crippen molar-refractivity contribution in [2.75, 3.05) is 21.3 Å². The Hall–Kier alpha value is -3.28. The summed E-state index contributed by atoms with van der Waals surface area (Å²) in [5.41, 5.74) is 2.39. The van der Waals surface area contributed by atoms with Crippen LogP contribution in [0.5, 0.6) is 17.2 Å². The number of para-hydroxylation sites is 1. The maximum Gasteiger partial charge on any atom is 0.363 e. The fraction of sp³-hybridized carbons (Fsp3) is 0.200. The van der Waals surface area contributed by atoms with Crippen molar-refractivity contribution >= 4 is 17.9 Å². The molecule has 0 radical (unpaired) electrons. The first-order valence-corrected chi connectivity index (χ1v) is 7.96. The van der Waals surface area contributed by atoms with E-state index in [0.717, 1.165) is 5.56 Å². The second-order valence-electron chi connectivity index (χ2n) is 5.60. The van der Waals surface area contributed by atoms with Crippen LogP contribution >= 0.6 is 0 Å². The molecule has 0 fully saturated rings. The Morgan fingerprint density at radius 2 is 1.65 bits per heavy atom. The molecular weight excluding hydrogens is 334 g/mol. The number of rotatable bonds is 5. The van der Waals surface area contributed by atoms with Crippen LogP contribution in [0.4, 0.5) is 0 Å². The highest BCUT2D eigenvalue weighted by molar-refractivity contribution is 6.13. The molecule has 0 amide bonds. The SMILES string of the molecule is COc1cc(/C=C2/N=C(c3ccccc3OC)OC2=O)c(OC)cc1C. The Kier molecular flexibility index (Phi) is 4.93. The van der Waals surface area contributed by atoms with E-state index < -0.39 is 5.97 Å². The van der Waals surface area contributed by atoms with Gasteiger partial charge in [-0.05, 0) is 42.8 Å². The van der Waals surface area contributed by atoms with Crippen molar-refractivity contribution in [1.29, 1.82) is 0 Å². The van der Waals surface area contributed by atoms with Gasteiger partial charge < -0.3 is 18.9 Å². The van der Waals surface area contributed by atoms with E-state index in [4.69, 9.17) is 18.9 Å². The van der Waals surface area contributed by atoms with Gasteiger partial charge in [-0.15, -0.1) is 0 Å². The maximum absolute atomic E-state index is 12.3. The minimum Gasteiger partial charge on any atom is -0.496 e. The average molecular weight is 353 g/mol. The van der Waals surface area contributed by atoms with Crippen molar-refractivity contribution in [3.05, 3.63) is 58.8 Å². The first-order chi connectivity index (χ1) is 12.6. The summed E-state index contributed by atoms with van der Waals surface area (Å²) in [6, 6.07) is 10.9. The van der Waals surface area contributed by atoms with Gasteiger partial charge in [-0.25, -0.2) is 9.79 Å². The highest BCUT2D eigenvalue weighted by Gasteiger charge is 2.26. The fourth-order valence-corrected chi connectivity index (χ4v) is 2.68. The summed E-state index contributed by atoms with van der Waals surface area (Å²) in [6.07, 6.45) is 1.62. The van der Waals surface area contributed by atoms with Gasteiger partial charge in [-0.2, -0.15) is 0 Å². The standard InChI is InChI=1S/C20H19NO5/c1-12-9-18(25-4)13(11-17(12)24-3)10-15-20(22)26-19(21-15)14-7-5-6-8-16(14)23-2/h5-11H,1-4H3/b15-10+. The van der Waals surface area contributed by atoms with E-state index >= 15 is 0 Å². The van der Waals surface area contributed by atoms with Crippen LogP contribution in [0.25, 0.3) is 6.08 Å². The Bertz CT molecular complexity index is 914. The third kappa shape index (κ3) is 3.26. The predicted molar refractivity (Wildman–Crippen MR) is 97.9 cm³/mol. The van der Waals surface area contributed by atoms with Crippen LogP contribution < -0.4 is 14.2 Å². The molecule has 6 nitrogen and oxygen atoms in total. The third-order valence-electron chi connectivity index (χ3n) is 4.00. The van der Waals surface area contributed by atoms with Crippen molar-refractivity contribution in [2.45, 2.75) is 6.92 Å². The van der Waals surface area contributed by atoms with Gasteiger partial charge in [0.15, 0.2) is 5.70 Å². The van der Waals surface area contributed by atoms with E-state index in [-0.39, 0.29) is 11.6 Å². The summed E-state index contributed by atoms with van der Waals surface area (Å²) < 4.78 is 21.4. The Balaban J connectivity index is 2.04. The molecule has 1 heterocycles. The quantitative estimate of drug-likeness (QED) is 0.609. The largest absolute Gasteiger partial charge is 0.496 e. The van der Waals surface area contributed by atoms with Crippen molar-refractivity contribution in [1.82, 2.24) is 0 Å². The molecule has 26 heavy (non-hydrogen) atoms. The van der Waals surface area contributed by atoms with Crippen molar-refractivity contribution in [3.63, 3.8) is 0 Å². The molecule has 134 valence electrons. The number of hydrogen-bond acceptors (Lipinski definition) is 6. The zero-order valence-electron chi connectivity index (χ0n) is 15.0. The number of aryl methyl sites for hydroxylation is 1. The molecular formula is C20H19NO5. The summed E-state index contributed by atoms with van der Waals surface area (Å²) in [5, 5.41) is 0. The molecule has 6 heteroatoms. The molecule has 0 aliphatic carbocycles. The second kappa shape index (κ2) is 7.31. The van der Waals surface area contributed by atoms with Gasteiger partial charge in [0.05, 0.1) is 26.9 Å². The average Bonchev–Trinajstić information content (AvgIpc) is 3.03. The summed E-state index contributed by atoms with van der Waals surface area (Å²) in [6.45, 7) is 1.92. The molecule has 0 N–H and O–H groups in total. The number of benzene rings is 2. The fourth-order valence-electron chi connectivity index (χ4n) is 2.68. The normalized spacial score (nSPS) is 14.8. The van der Waals surface area contributed by atoms with E-state index in [0.29, 0.717) is 28.4 Å². The maximum atomic E-state index is 12.3. The lowest BCUT2D eigenvalue weighted by molar-refractivity contribution is -0.129. The number of methoxy groups -OCH3 is 3. The van der Waals surface area contributed by atoms with Gasteiger partial charge in [0.2, 0.25) is 5.90 Å². The summed E-state index contributed by atoms with van der Waals surface area (Å²) in [4.78, 5) is 16.6. The van der Waals surface area contributed by atoms with Crippen molar-refractivity contribution in [3.8, 4) is 17.2 Å². The van der Waals surface area contributed by atoms with Gasteiger partial charge in [0, 0.05) is 5.56 Å². The first kappa shape index (κ1) is 17.5. The molecule has 1 aliphatic heterocycles. The number of carbonyl (C=O) groups is 1. The van der Waals surface area contributed by atoms with Crippen LogP contribution in [-0.2, 0) is 9.53 Å². The van der Waals surface area contributed by atoms with E-state index in [9.17, 15) is 4.79 Å². The Morgan fingerprint density at radius 1 is 0.962 bits per heavy atom. The van der Waals surface area contributed by atoms with Crippen LogP contribution in [0.3, 0.4) is 0 Å². The molecule has 2 aromatic rings. The summed E-state index contributed by atoms with van der Waals surface area (Å²) in [7, 11) is 4.71. The van der Waals surface area contributed by atoms with Crippen LogP contribution in [-0.4, -0.2) is 33.2 Å². The lowest BCUT2D eigenvalue weighted by atomic mass is 10.1. The lowest BCUT2D eigenvalue weighted by Gasteiger charge is -2.10. The predicted octanol–water partition coefficient (Wildman–Crippen LogP) is 3.37. The van der Waals surface area contributed by atoms with Gasteiger partial charge >= 0.3 is 5.97 Å². The highest BCUT2D eigenvalue weighted by Crippen LogP contribution is 2.31. The number of ether oxygens (including phenoxy) is 4. The molecule has 0 bridgehead atoms. The van der Waals surface area contributed by atoms with Gasteiger partial charge in [0.1, 0.15) is 17.2 Å². The van der Waals surface area contributed by atoms with Crippen LogP contribution in [0, 0.1) is 6.92 Å². The molecule has 2 aromatic carbocycles. The first-order valence-electron chi connectivity index (χ1n) is 7.96. The second-order valence-corrected chi connectivity index (χ2v) is 5.60. The van der Waals surface area contributed by atoms with Crippen molar-refractivity contribution in [2.24, 2.45) is 4.99 Å². The van der Waals surface area contributed by atoms with E-state index in [2.05, 4.69) is 4.99 Å². The number of aliphatic imine (C=N–C) groups is 1. The molecule has 0 saturated heterocycles. The van der Waals surface area contributed by atoms with Gasteiger partial charge in [-0.3, -0.25) is 0 Å². The van der Waals surface area contributed by atoms with Crippen LogP contribution in [0.1, 0.15) is 16.7 Å². The molecule has 0 atom stereocenters. The van der Waals surface area contributed by atoms with Crippen molar-refractivity contribution < 1.29 is 23.7 Å². The molecule has 0 spiro atoms. The number of cyclic esters (lactones) is 1. The molecule has 0 saturated carbocycles. The summed E-state index contributed by atoms with van der Waals surface area (Å²) >= 11 is 0. The Labute approximate surface area is 151 Å². The number of nitrogens with zero attached hydrogens (tertiary/aromatic N) is 1. The molecule has 0 aromatic heterocycles. The zero-order chi connectivity index (χ0) is 18.7. The minimum atomic E-state index is -0.535. The lowest BCUT2D eigenvalue weighted by Crippen LogP contribution is -2.06. The molecule has 1 aliphatic rings. The smallest absolute Gasteiger partial charge is 0.363 e. The zero-order valence-corrected chi connectivity index (χ0v) is 15.0. The van der Waals surface area contributed by atoms with Crippen LogP contribution in [0.2, 0.25) is 0 Å². The monoisotopic (exact) mass is 353 g/mol. The molecule has 0 unspecified atom stereocenters. The van der Waals surface area contributed by atoms with E-state index in [1.807, 2.05) is 25.1 Å². The number of carbonyl (C=O) groups excluding carboxylic acids is 1. The van der Waals surface area contributed by atoms with E-state index in [1.54, 1.807) is 45.6 Å². The van der Waals surface area contributed by atoms with Crippen LogP contribution in [0.15, 0.2) is 47.1 Å². The molecule has 3 rings (SSSR count). The number of hydrogen-bond donors (Lipinski definition) is 0.